The molecule has 98 valence electrons. The molecule has 0 aromatic carbocycles. The summed E-state index contributed by atoms with van der Waals surface area (Å²) in [5.41, 5.74) is -0.0389. The molecule has 0 radical (unpaired) electrons. The smallest absolute Gasteiger partial charge is 0.481 e. The Morgan fingerprint density at radius 3 is 2.22 bits per heavy atom. The van der Waals surface area contributed by atoms with Crippen molar-refractivity contribution in [1.29, 1.82) is 0 Å². The molecule has 5 nitrogen and oxygen atoms in total. The van der Waals surface area contributed by atoms with Gasteiger partial charge in [-0.1, -0.05) is 0 Å². The monoisotopic (exact) mass is 250 g/mol. The van der Waals surface area contributed by atoms with Crippen LogP contribution in [0.3, 0.4) is 0 Å². The van der Waals surface area contributed by atoms with Crippen LogP contribution in [0.25, 0.3) is 0 Å². The van der Waals surface area contributed by atoms with Crippen molar-refractivity contribution >= 4 is 12.6 Å². The minimum absolute atomic E-state index is 0.381. The molecule has 1 fully saturated rings. The van der Waals surface area contributed by atoms with Gasteiger partial charge in [-0.2, -0.15) is 4.98 Å². The molecule has 0 unspecified atom stereocenters. The first-order chi connectivity index (χ1) is 8.27. The van der Waals surface area contributed by atoms with Crippen LogP contribution in [-0.2, 0) is 9.31 Å². The lowest BCUT2D eigenvalue weighted by molar-refractivity contribution is 0.00578. The SMILES string of the molecule is COc1nc(C)ncc1B1OC(C)(C)C(C)(C)O1. The second-order valence-electron chi connectivity index (χ2n) is 5.47. The van der Waals surface area contributed by atoms with E-state index in [1.54, 1.807) is 13.3 Å². The molecule has 2 rings (SSSR count). The van der Waals surface area contributed by atoms with Crippen LogP contribution < -0.4 is 10.2 Å². The van der Waals surface area contributed by atoms with Crippen molar-refractivity contribution in [1.82, 2.24) is 9.97 Å². The van der Waals surface area contributed by atoms with Gasteiger partial charge in [-0.25, -0.2) is 4.98 Å². The highest BCUT2D eigenvalue weighted by Crippen LogP contribution is 2.36. The van der Waals surface area contributed by atoms with E-state index in [0.717, 1.165) is 5.46 Å². The third kappa shape index (κ3) is 2.10. The Hall–Kier alpha value is -1.14. The predicted octanol–water partition coefficient (Wildman–Crippen LogP) is 1.09. The van der Waals surface area contributed by atoms with Crippen LogP contribution >= 0.6 is 0 Å². The summed E-state index contributed by atoms with van der Waals surface area (Å²) in [7, 11) is 1.09. The van der Waals surface area contributed by atoms with Gasteiger partial charge >= 0.3 is 7.12 Å². The zero-order valence-electron chi connectivity index (χ0n) is 11.8. The van der Waals surface area contributed by atoms with Gasteiger partial charge in [-0.05, 0) is 34.6 Å². The topological polar surface area (TPSA) is 53.5 Å². The molecule has 18 heavy (non-hydrogen) atoms. The number of aromatic nitrogens is 2. The molecule has 0 atom stereocenters. The average Bonchev–Trinajstić information content (AvgIpc) is 2.47. The minimum Gasteiger partial charge on any atom is -0.481 e. The lowest BCUT2D eigenvalue weighted by Gasteiger charge is -2.32. The normalized spacial score (nSPS) is 21.1. The molecule has 1 saturated heterocycles. The molecule has 0 N–H and O–H groups in total. The van der Waals surface area contributed by atoms with Gasteiger partial charge in [0, 0.05) is 6.20 Å². The highest BCUT2D eigenvalue weighted by atomic mass is 16.7. The van der Waals surface area contributed by atoms with E-state index >= 15 is 0 Å². The Kier molecular flexibility index (Phi) is 3.11. The van der Waals surface area contributed by atoms with Crippen LogP contribution in [0.5, 0.6) is 5.88 Å². The molecule has 1 aromatic heterocycles. The third-order valence-electron chi connectivity index (χ3n) is 3.60. The molecular formula is C12H19BN2O3. The van der Waals surface area contributed by atoms with Gasteiger partial charge in [0.1, 0.15) is 5.82 Å². The third-order valence-corrected chi connectivity index (χ3v) is 3.60. The lowest BCUT2D eigenvalue weighted by atomic mass is 9.80. The summed E-state index contributed by atoms with van der Waals surface area (Å²) in [4.78, 5) is 8.42. The molecular weight excluding hydrogens is 231 g/mol. The number of aryl methyl sites for hydroxylation is 1. The highest BCUT2D eigenvalue weighted by molar-refractivity contribution is 6.62. The summed E-state index contributed by atoms with van der Waals surface area (Å²) in [6.07, 6.45) is 1.70. The van der Waals surface area contributed by atoms with Crippen molar-refractivity contribution in [2.75, 3.05) is 7.11 Å². The molecule has 0 bridgehead atoms. The van der Waals surface area contributed by atoms with Gasteiger partial charge in [-0.3, -0.25) is 0 Å². The zero-order chi connectivity index (χ0) is 13.6. The van der Waals surface area contributed by atoms with E-state index in [1.807, 2.05) is 34.6 Å². The maximum atomic E-state index is 5.95. The van der Waals surface area contributed by atoms with Crippen molar-refractivity contribution in [2.45, 2.75) is 45.8 Å². The lowest BCUT2D eigenvalue weighted by Crippen LogP contribution is -2.41. The van der Waals surface area contributed by atoms with Crippen LogP contribution in [0.4, 0.5) is 0 Å². The Bertz CT molecular complexity index is 447. The van der Waals surface area contributed by atoms with Gasteiger partial charge in [0.15, 0.2) is 0 Å². The number of ether oxygens (including phenoxy) is 1. The second-order valence-corrected chi connectivity index (χ2v) is 5.47. The number of hydrogen-bond acceptors (Lipinski definition) is 5. The van der Waals surface area contributed by atoms with Crippen LogP contribution in [0.2, 0.25) is 0 Å². The first kappa shape index (κ1) is 13.3. The molecule has 2 heterocycles. The van der Waals surface area contributed by atoms with Gasteiger partial charge in [0.05, 0.1) is 23.8 Å². The highest BCUT2D eigenvalue weighted by Gasteiger charge is 2.52. The van der Waals surface area contributed by atoms with E-state index < -0.39 is 7.12 Å². The van der Waals surface area contributed by atoms with E-state index in [9.17, 15) is 0 Å². The fourth-order valence-electron chi connectivity index (χ4n) is 1.75. The predicted molar refractivity (Wildman–Crippen MR) is 69.0 cm³/mol. The van der Waals surface area contributed by atoms with Crippen LogP contribution in [0.15, 0.2) is 6.20 Å². The van der Waals surface area contributed by atoms with Gasteiger partial charge < -0.3 is 14.0 Å². The number of methoxy groups -OCH3 is 1. The van der Waals surface area contributed by atoms with Gasteiger partial charge in [-0.15, -0.1) is 0 Å². The number of nitrogens with zero attached hydrogens (tertiary/aromatic N) is 2. The Morgan fingerprint density at radius 1 is 1.17 bits per heavy atom. The quantitative estimate of drug-likeness (QED) is 0.735. The molecule has 1 aliphatic rings. The van der Waals surface area contributed by atoms with E-state index in [1.165, 1.54) is 0 Å². The molecule has 0 saturated carbocycles. The molecule has 0 aliphatic carbocycles. The zero-order valence-corrected chi connectivity index (χ0v) is 11.8. The van der Waals surface area contributed by atoms with Crippen molar-refractivity contribution in [3.05, 3.63) is 12.0 Å². The maximum absolute atomic E-state index is 5.95. The van der Waals surface area contributed by atoms with Gasteiger partial charge in [0.25, 0.3) is 0 Å². The van der Waals surface area contributed by atoms with E-state index in [4.69, 9.17) is 14.0 Å². The van der Waals surface area contributed by atoms with E-state index in [2.05, 4.69) is 9.97 Å². The Labute approximate surface area is 108 Å². The van der Waals surface area contributed by atoms with Crippen molar-refractivity contribution < 1.29 is 14.0 Å². The average molecular weight is 250 g/mol. The van der Waals surface area contributed by atoms with Gasteiger partial charge in [0.2, 0.25) is 5.88 Å². The molecule has 1 aromatic rings. The largest absolute Gasteiger partial charge is 0.502 e. The number of hydrogen-bond donors (Lipinski definition) is 0. The first-order valence-electron chi connectivity index (χ1n) is 6.00. The second kappa shape index (κ2) is 4.21. The summed E-state index contributed by atoms with van der Waals surface area (Å²) in [6.45, 7) is 9.85. The fraction of sp³-hybridized carbons (Fsp3) is 0.667. The first-order valence-corrected chi connectivity index (χ1v) is 6.00. The van der Waals surface area contributed by atoms with Crippen molar-refractivity contribution in [2.24, 2.45) is 0 Å². The maximum Gasteiger partial charge on any atom is 0.502 e. The van der Waals surface area contributed by atoms with Crippen LogP contribution in [0, 0.1) is 6.92 Å². The van der Waals surface area contributed by atoms with Crippen LogP contribution in [-0.4, -0.2) is 35.4 Å². The summed E-state index contributed by atoms with van der Waals surface area (Å²) in [5.74, 6) is 1.16. The minimum atomic E-state index is -0.495. The fourth-order valence-corrected chi connectivity index (χ4v) is 1.75. The van der Waals surface area contributed by atoms with Crippen LogP contribution in [0.1, 0.15) is 33.5 Å². The summed E-state index contributed by atoms with van der Waals surface area (Å²) in [6, 6.07) is 0. The summed E-state index contributed by atoms with van der Waals surface area (Å²) >= 11 is 0. The molecule has 0 spiro atoms. The molecule has 6 heteroatoms. The summed E-state index contributed by atoms with van der Waals surface area (Å²) < 4.78 is 17.2. The van der Waals surface area contributed by atoms with Crippen molar-refractivity contribution in [3.8, 4) is 5.88 Å². The summed E-state index contributed by atoms with van der Waals surface area (Å²) in [5, 5.41) is 0. The molecule has 0 amide bonds. The standard InChI is InChI=1S/C12H19BN2O3/c1-8-14-7-9(10(15-8)16-6)13-17-11(2,3)12(4,5)18-13/h7H,1-6H3. The molecule has 1 aliphatic heterocycles. The van der Waals surface area contributed by atoms with Crippen molar-refractivity contribution in [3.63, 3.8) is 0 Å². The van der Waals surface area contributed by atoms with E-state index in [0.29, 0.717) is 11.7 Å². The Balaban J connectivity index is 2.35. The Morgan fingerprint density at radius 2 is 1.72 bits per heavy atom. The van der Waals surface area contributed by atoms with E-state index in [-0.39, 0.29) is 11.2 Å². The number of rotatable bonds is 2.